The number of nitrogens with one attached hydrogen (secondary N) is 1. The first-order chi connectivity index (χ1) is 13.9. The number of aryl methyl sites for hydroxylation is 1. The molecule has 2 aromatic heterocycles. The lowest BCUT2D eigenvalue weighted by molar-refractivity contribution is 0.0815. The summed E-state index contributed by atoms with van der Waals surface area (Å²) in [5, 5.41) is 8.36. The average Bonchev–Trinajstić information content (AvgIpc) is 3.29. The fourth-order valence-corrected chi connectivity index (χ4v) is 3.91. The number of carbonyl (C=O) groups excluding carboxylic acids is 1. The summed E-state index contributed by atoms with van der Waals surface area (Å²) in [4.78, 5) is 25.1. The Balaban J connectivity index is 1.39. The van der Waals surface area contributed by atoms with Gasteiger partial charge < -0.3 is 15.1 Å². The second-order valence-electron chi connectivity index (χ2n) is 8.47. The standard InChI is InChI=1S/C21H31N7O/c1-14-15(2)23-19(21(29)26(3)4)24-20(14)27-10-8-17(13-27)22-12-16-9-11-28(25-16)18-6-5-7-18/h9,11,17-18,22H,5-8,10,12-13H2,1-4H3/t17-/m1/s1. The van der Waals surface area contributed by atoms with Crippen molar-refractivity contribution in [2.75, 3.05) is 32.1 Å². The van der Waals surface area contributed by atoms with E-state index in [0.717, 1.165) is 48.8 Å². The zero-order valence-corrected chi connectivity index (χ0v) is 17.9. The van der Waals surface area contributed by atoms with Crippen LogP contribution in [0.2, 0.25) is 0 Å². The van der Waals surface area contributed by atoms with E-state index in [-0.39, 0.29) is 11.7 Å². The van der Waals surface area contributed by atoms with Crippen molar-refractivity contribution >= 4 is 11.7 Å². The second-order valence-corrected chi connectivity index (χ2v) is 8.47. The minimum atomic E-state index is -0.162. The van der Waals surface area contributed by atoms with Gasteiger partial charge in [0.2, 0.25) is 5.82 Å². The number of hydrogen-bond donors (Lipinski definition) is 1. The summed E-state index contributed by atoms with van der Waals surface area (Å²) in [6, 6.07) is 3.11. The van der Waals surface area contributed by atoms with E-state index in [2.05, 4.69) is 37.1 Å². The van der Waals surface area contributed by atoms with Crippen molar-refractivity contribution in [1.29, 1.82) is 0 Å². The zero-order chi connectivity index (χ0) is 20.5. The van der Waals surface area contributed by atoms with Gasteiger partial charge in [-0.3, -0.25) is 9.48 Å². The van der Waals surface area contributed by atoms with Crippen LogP contribution in [0, 0.1) is 13.8 Å². The molecule has 8 nitrogen and oxygen atoms in total. The SMILES string of the molecule is Cc1nc(C(=O)N(C)C)nc(N2CC[C@@H](NCc3ccn(C4CCC4)n3)C2)c1C. The maximum absolute atomic E-state index is 12.3. The van der Waals surface area contributed by atoms with Crippen molar-refractivity contribution in [2.45, 2.75) is 58.2 Å². The molecule has 156 valence electrons. The van der Waals surface area contributed by atoms with Crippen molar-refractivity contribution in [2.24, 2.45) is 0 Å². The van der Waals surface area contributed by atoms with Gasteiger partial charge >= 0.3 is 0 Å². The van der Waals surface area contributed by atoms with Gasteiger partial charge in [-0.2, -0.15) is 5.10 Å². The van der Waals surface area contributed by atoms with Crippen molar-refractivity contribution in [3.63, 3.8) is 0 Å². The summed E-state index contributed by atoms with van der Waals surface area (Å²) >= 11 is 0. The van der Waals surface area contributed by atoms with Crippen LogP contribution < -0.4 is 10.2 Å². The largest absolute Gasteiger partial charge is 0.355 e. The molecular weight excluding hydrogens is 366 g/mol. The van der Waals surface area contributed by atoms with Gasteiger partial charge in [0.15, 0.2) is 0 Å². The predicted octanol–water partition coefficient (Wildman–Crippen LogP) is 2.09. The smallest absolute Gasteiger partial charge is 0.291 e. The van der Waals surface area contributed by atoms with Gasteiger partial charge in [-0.1, -0.05) is 0 Å². The number of hydrogen-bond acceptors (Lipinski definition) is 6. The molecule has 1 saturated heterocycles. The van der Waals surface area contributed by atoms with E-state index >= 15 is 0 Å². The normalized spacial score (nSPS) is 19.4. The molecule has 1 saturated carbocycles. The minimum absolute atomic E-state index is 0.162. The lowest BCUT2D eigenvalue weighted by atomic mass is 9.93. The summed E-state index contributed by atoms with van der Waals surface area (Å²) in [7, 11) is 3.45. The molecule has 2 fully saturated rings. The molecule has 8 heteroatoms. The van der Waals surface area contributed by atoms with E-state index < -0.39 is 0 Å². The molecule has 4 rings (SSSR count). The molecular formula is C21H31N7O. The Bertz CT molecular complexity index is 887. The third-order valence-corrected chi connectivity index (χ3v) is 6.13. The van der Waals surface area contributed by atoms with Gasteiger partial charge in [-0.15, -0.1) is 0 Å². The average molecular weight is 398 g/mol. The van der Waals surface area contributed by atoms with Crippen molar-refractivity contribution < 1.29 is 4.79 Å². The topological polar surface area (TPSA) is 79.2 Å². The number of carbonyl (C=O) groups is 1. The van der Waals surface area contributed by atoms with Gasteiger partial charge in [0.25, 0.3) is 5.91 Å². The van der Waals surface area contributed by atoms with E-state index in [1.807, 2.05) is 13.8 Å². The number of nitrogens with zero attached hydrogens (tertiary/aromatic N) is 6. The van der Waals surface area contributed by atoms with Gasteiger partial charge in [0.05, 0.1) is 11.7 Å². The molecule has 0 spiro atoms. The Morgan fingerprint density at radius 1 is 1.24 bits per heavy atom. The molecule has 2 aromatic rings. The highest BCUT2D eigenvalue weighted by molar-refractivity contribution is 5.90. The third kappa shape index (κ3) is 4.12. The second kappa shape index (κ2) is 8.10. The number of amides is 1. The van der Waals surface area contributed by atoms with Crippen LogP contribution in [0.4, 0.5) is 5.82 Å². The molecule has 1 atom stereocenters. The van der Waals surface area contributed by atoms with E-state index in [0.29, 0.717) is 12.1 Å². The first-order valence-corrected chi connectivity index (χ1v) is 10.5. The molecule has 1 N–H and O–H groups in total. The predicted molar refractivity (Wildman–Crippen MR) is 112 cm³/mol. The molecule has 3 heterocycles. The highest BCUT2D eigenvalue weighted by Crippen LogP contribution is 2.30. The van der Waals surface area contributed by atoms with Crippen LogP contribution in [0.15, 0.2) is 12.3 Å². The molecule has 29 heavy (non-hydrogen) atoms. The van der Waals surface area contributed by atoms with Gasteiger partial charge in [-0.25, -0.2) is 9.97 Å². The third-order valence-electron chi connectivity index (χ3n) is 6.13. The van der Waals surface area contributed by atoms with Crippen molar-refractivity contribution in [3.8, 4) is 0 Å². The minimum Gasteiger partial charge on any atom is -0.355 e. The number of rotatable bonds is 6. The first kappa shape index (κ1) is 19.8. The number of anilines is 1. The van der Waals surface area contributed by atoms with Gasteiger partial charge in [-0.05, 0) is 45.6 Å². The molecule has 1 aliphatic heterocycles. The Kier molecular flexibility index (Phi) is 5.54. The Morgan fingerprint density at radius 3 is 2.72 bits per heavy atom. The Labute approximate surface area is 172 Å². The molecule has 0 radical (unpaired) electrons. The van der Waals surface area contributed by atoms with Crippen LogP contribution in [-0.2, 0) is 6.54 Å². The Morgan fingerprint density at radius 2 is 2.03 bits per heavy atom. The van der Waals surface area contributed by atoms with Crippen molar-refractivity contribution in [1.82, 2.24) is 30.0 Å². The fraction of sp³-hybridized carbons (Fsp3) is 0.619. The van der Waals surface area contributed by atoms with Crippen LogP contribution in [0.1, 0.15) is 59.3 Å². The first-order valence-electron chi connectivity index (χ1n) is 10.5. The summed E-state index contributed by atoms with van der Waals surface area (Å²) in [5.74, 6) is 0.984. The zero-order valence-electron chi connectivity index (χ0n) is 17.9. The van der Waals surface area contributed by atoms with E-state index in [4.69, 9.17) is 5.10 Å². The van der Waals surface area contributed by atoms with Gasteiger partial charge in [0.1, 0.15) is 5.82 Å². The van der Waals surface area contributed by atoms with Crippen LogP contribution in [0.5, 0.6) is 0 Å². The molecule has 1 aliphatic carbocycles. The maximum Gasteiger partial charge on any atom is 0.291 e. The molecule has 0 unspecified atom stereocenters. The van der Waals surface area contributed by atoms with Gasteiger partial charge in [0, 0.05) is 57.2 Å². The van der Waals surface area contributed by atoms with E-state index in [1.54, 1.807) is 14.1 Å². The molecule has 0 bridgehead atoms. The number of aromatic nitrogens is 4. The van der Waals surface area contributed by atoms with Crippen LogP contribution >= 0.6 is 0 Å². The van der Waals surface area contributed by atoms with Crippen LogP contribution in [0.3, 0.4) is 0 Å². The fourth-order valence-electron chi connectivity index (χ4n) is 3.91. The van der Waals surface area contributed by atoms with E-state index in [9.17, 15) is 4.79 Å². The van der Waals surface area contributed by atoms with Crippen LogP contribution in [-0.4, -0.2) is 63.8 Å². The highest BCUT2D eigenvalue weighted by atomic mass is 16.2. The quantitative estimate of drug-likeness (QED) is 0.804. The monoisotopic (exact) mass is 397 g/mol. The Hall–Kier alpha value is -2.48. The van der Waals surface area contributed by atoms with Crippen molar-refractivity contribution in [3.05, 3.63) is 35.0 Å². The highest BCUT2D eigenvalue weighted by Gasteiger charge is 2.27. The molecule has 1 amide bonds. The summed E-state index contributed by atoms with van der Waals surface area (Å²) in [6.45, 7) is 6.54. The summed E-state index contributed by atoms with van der Waals surface area (Å²) in [6.07, 6.45) is 6.98. The van der Waals surface area contributed by atoms with Crippen LogP contribution in [0.25, 0.3) is 0 Å². The van der Waals surface area contributed by atoms with E-state index in [1.165, 1.54) is 24.2 Å². The lowest BCUT2D eigenvalue weighted by Gasteiger charge is -2.25. The summed E-state index contributed by atoms with van der Waals surface area (Å²) in [5.41, 5.74) is 3.00. The lowest BCUT2D eigenvalue weighted by Crippen LogP contribution is -2.33. The molecule has 0 aromatic carbocycles. The summed E-state index contributed by atoms with van der Waals surface area (Å²) < 4.78 is 2.12. The molecule has 2 aliphatic rings. The maximum atomic E-state index is 12.3.